The Morgan fingerprint density at radius 2 is 2.09 bits per heavy atom. The minimum atomic E-state index is -3.43. The number of rotatable bonds is 4. The molecule has 1 aliphatic rings. The largest absolute Gasteiger partial charge is 0.495 e. The van der Waals surface area contributed by atoms with Gasteiger partial charge in [0.05, 0.1) is 13.2 Å². The predicted octanol–water partition coefficient (Wildman–Crippen LogP) is 1.53. The number of sulfone groups is 1. The van der Waals surface area contributed by atoms with Gasteiger partial charge in [-0.2, -0.15) is 0 Å². The van der Waals surface area contributed by atoms with Gasteiger partial charge in [0.25, 0.3) is 0 Å². The number of nitrogens with one attached hydrogen (secondary N) is 2. The lowest BCUT2D eigenvalue weighted by Crippen LogP contribution is -2.53. The van der Waals surface area contributed by atoms with Crippen LogP contribution < -0.4 is 15.6 Å². The van der Waals surface area contributed by atoms with E-state index in [2.05, 4.69) is 10.9 Å². The van der Waals surface area contributed by atoms with E-state index in [0.717, 1.165) is 5.57 Å². The lowest BCUT2D eigenvalue weighted by molar-refractivity contribution is -0.125. The fraction of sp³-hybridized carbons (Fsp3) is 0.438. The fourth-order valence-electron chi connectivity index (χ4n) is 2.86. The van der Waals surface area contributed by atoms with Crippen molar-refractivity contribution in [3.8, 4) is 5.75 Å². The summed E-state index contributed by atoms with van der Waals surface area (Å²) in [5.74, 6) is 0.402. The number of carbonyl (C=O) groups excluding carboxylic acids is 1. The van der Waals surface area contributed by atoms with Gasteiger partial charge in [-0.05, 0) is 24.5 Å². The van der Waals surface area contributed by atoms with Gasteiger partial charge in [-0.25, -0.2) is 13.8 Å². The topological polar surface area (TPSA) is 84.5 Å². The van der Waals surface area contributed by atoms with Crippen molar-refractivity contribution in [2.24, 2.45) is 5.92 Å². The Bertz CT molecular complexity index is 740. The molecule has 0 aromatic heterocycles. The smallest absolute Gasteiger partial charge is 0.234 e. The summed E-state index contributed by atoms with van der Waals surface area (Å²) < 4.78 is 29.4. The van der Waals surface area contributed by atoms with E-state index in [1.807, 2.05) is 19.9 Å². The second-order valence-electron chi connectivity index (χ2n) is 5.89. The monoisotopic (exact) mass is 338 g/mol. The highest BCUT2D eigenvalue weighted by Gasteiger charge is 2.27. The zero-order valence-electron chi connectivity index (χ0n) is 13.7. The van der Waals surface area contributed by atoms with Gasteiger partial charge in [-0.15, -0.1) is 0 Å². The summed E-state index contributed by atoms with van der Waals surface area (Å²) in [5, 5.41) is 0. The van der Waals surface area contributed by atoms with Crippen molar-refractivity contribution < 1.29 is 17.9 Å². The number of hydrogen-bond acceptors (Lipinski definition) is 5. The Kier molecular flexibility index (Phi) is 5.11. The molecular weight excluding hydrogens is 316 g/mol. The van der Waals surface area contributed by atoms with E-state index in [-0.39, 0.29) is 22.8 Å². The van der Waals surface area contributed by atoms with Gasteiger partial charge in [0, 0.05) is 12.7 Å². The average molecular weight is 338 g/mol. The minimum absolute atomic E-state index is 0.0419. The van der Waals surface area contributed by atoms with Crippen molar-refractivity contribution in [3.05, 3.63) is 29.3 Å². The minimum Gasteiger partial charge on any atom is -0.495 e. The van der Waals surface area contributed by atoms with E-state index in [0.29, 0.717) is 17.7 Å². The second-order valence-corrected chi connectivity index (χ2v) is 7.84. The molecule has 1 saturated heterocycles. The van der Waals surface area contributed by atoms with Crippen LogP contribution in [0.1, 0.15) is 25.8 Å². The van der Waals surface area contributed by atoms with Crippen LogP contribution in [0.25, 0.3) is 6.08 Å². The molecule has 1 aromatic rings. The highest BCUT2D eigenvalue weighted by molar-refractivity contribution is 7.90. The molecule has 1 heterocycles. The van der Waals surface area contributed by atoms with Crippen molar-refractivity contribution in [3.63, 3.8) is 0 Å². The number of hydrazine groups is 1. The molecule has 1 aliphatic heterocycles. The van der Waals surface area contributed by atoms with Crippen molar-refractivity contribution in [1.29, 1.82) is 0 Å². The van der Waals surface area contributed by atoms with E-state index >= 15 is 0 Å². The standard InChI is InChI=1S/C16H22N2O4S/c1-10(15-11(2)9-14(19)17-18-15)8-12-6-5-7-13(22-3)16(12)23(4,20)21/h5-8,11,15,18H,9H2,1-4H3,(H,17,19)/b10-8+. The first kappa shape index (κ1) is 17.5. The molecule has 0 radical (unpaired) electrons. The number of benzene rings is 1. The molecule has 2 unspecified atom stereocenters. The van der Waals surface area contributed by atoms with Crippen LogP contribution in [0.5, 0.6) is 5.75 Å². The van der Waals surface area contributed by atoms with Crippen LogP contribution in [-0.2, 0) is 14.6 Å². The zero-order chi connectivity index (χ0) is 17.2. The van der Waals surface area contributed by atoms with Gasteiger partial charge in [0.15, 0.2) is 9.84 Å². The van der Waals surface area contributed by atoms with Crippen molar-refractivity contribution >= 4 is 21.8 Å². The highest BCUT2D eigenvalue weighted by Crippen LogP contribution is 2.30. The van der Waals surface area contributed by atoms with Crippen LogP contribution in [0.15, 0.2) is 28.7 Å². The van der Waals surface area contributed by atoms with E-state index < -0.39 is 9.84 Å². The van der Waals surface area contributed by atoms with Crippen LogP contribution in [0.2, 0.25) is 0 Å². The fourth-order valence-corrected chi connectivity index (χ4v) is 3.94. The Morgan fingerprint density at radius 3 is 2.65 bits per heavy atom. The Morgan fingerprint density at radius 1 is 1.39 bits per heavy atom. The average Bonchev–Trinajstić information content (AvgIpc) is 2.45. The summed E-state index contributed by atoms with van der Waals surface area (Å²) in [7, 11) is -1.99. The quantitative estimate of drug-likeness (QED) is 0.870. The van der Waals surface area contributed by atoms with E-state index in [9.17, 15) is 13.2 Å². The van der Waals surface area contributed by atoms with Crippen molar-refractivity contribution in [1.82, 2.24) is 10.9 Å². The summed E-state index contributed by atoms with van der Waals surface area (Å²) in [4.78, 5) is 11.6. The van der Waals surface area contributed by atoms with Crippen molar-refractivity contribution in [2.45, 2.75) is 31.2 Å². The molecule has 126 valence electrons. The molecule has 0 bridgehead atoms. The van der Waals surface area contributed by atoms with Gasteiger partial charge >= 0.3 is 0 Å². The van der Waals surface area contributed by atoms with Crippen LogP contribution in [0.3, 0.4) is 0 Å². The molecule has 1 fully saturated rings. The van der Waals surface area contributed by atoms with Gasteiger partial charge in [-0.3, -0.25) is 10.2 Å². The summed E-state index contributed by atoms with van der Waals surface area (Å²) in [6.45, 7) is 3.90. The zero-order valence-corrected chi connectivity index (χ0v) is 14.5. The molecule has 6 nitrogen and oxygen atoms in total. The van der Waals surface area contributed by atoms with E-state index in [1.54, 1.807) is 18.2 Å². The number of carbonyl (C=O) groups is 1. The molecule has 2 rings (SSSR count). The van der Waals surface area contributed by atoms with Gasteiger partial charge in [-0.1, -0.05) is 30.7 Å². The molecule has 2 N–H and O–H groups in total. The molecular formula is C16H22N2O4S. The molecule has 0 saturated carbocycles. The lowest BCUT2D eigenvalue weighted by atomic mass is 9.90. The molecule has 23 heavy (non-hydrogen) atoms. The third-order valence-corrected chi connectivity index (χ3v) is 5.10. The normalized spacial score (nSPS) is 22.6. The second kappa shape index (κ2) is 6.72. The number of amides is 1. The maximum absolute atomic E-state index is 12.1. The van der Waals surface area contributed by atoms with Crippen molar-refractivity contribution in [2.75, 3.05) is 13.4 Å². The summed E-state index contributed by atoms with van der Waals surface area (Å²) in [6.07, 6.45) is 3.42. The summed E-state index contributed by atoms with van der Waals surface area (Å²) in [5.41, 5.74) is 7.12. The maximum Gasteiger partial charge on any atom is 0.234 e. The molecule has 0 aliphatic carbocycles. The number of methoxy groups -OCH3 is 1. The maximum atomic E-state index is 12.1. The van der Waals surface area contributed by atoms with Crippen LogP contribution >= 0.6 is 0 Å². The Hall–Kier alpha value is -1.86. The van der Waals surface area contributed by atoms with Crippen LogP contribution in [0, 0.1) is 5.92 Å². The van der Waals surface area contributed by atoms with Gasteiger partial charge in [0.1, 0.15) is 10.6 Å². The molecule has 2 atom stereocenters. The third kappa shape index (κ3) is 3.92. The molecule has 7 heteroatoms. The van der Waals surface area contributed by atoms with Gasteiger partial charge in [0.2, 0.25) is 5.91 Å². The number of hydrogen-bond donors (Lipinski definition) is 2. The first-order valence-electron chi connectivity index (χ1n) is 7.33. The third-order valence-electron chi connectivity index (χ3n) is 3.92. The first-order chi connectivity index (χ1) is 10.7. The SMILES string of the molecule is COc1cccc(/C=C(\C)C2NNC(=O)CC2C)c1S(C)(=O)=O. The van der Waals surface area contributed by atoms with Gasteiger partial charge < -0.3 is 4.74 Å². The molecule has 1 amide bonds. The van der Waals surface area contributed by atoms with Crippen LogP contribution in [-0.4, -0.2) is 33.7 Å². The highest BCUT2D eigenvalue weighted by atomic mass is 32.2. The summed E-state index contributed by atoms with van der Waals surface area (Å²) in [6, 6.07) is 5.08. The van der Waals surface area contributed by atoms with Crippen LogP contribution in [0.4, 0.5) is 0 Å². The molecule has 1 aromatic carbocycles. The Balaban J connectivity index is 2.44. The lowest BCUT2D eigenvalue weighted by Gasteiger charge is -2.31. The number of ether oxygens (including phenoxy) is 1. The Labute approximate surface area is 136 Å². The molecule has 0 spiro atoms. The summed E-state index contributed by atoms with van der Waals surface area (Å²) >= 11 is 0. The predicted molar refractivity (Wildman–Crippen MR) is 88.6 cm³/mol. The first-order valence-corrected chi connectivity index (χ1v) is 9.22. The van der Waals surface area contributed by atoms with E-state index in [1.165, 1.54) is 13.4 Å². The van der Waals surface area contributed by atoms with E-state index in [4.69, 9.17) is 4.74 Å².